The molecule has 1 aromatic heterocycles. The predicted molar refractivity (Wildman–Crippen MR) is 77.5 cm³/mol. The Bertz CT molecular complexity index is 520. The average Bonchev–Trinajstić information content (AvgIpc) is 2.58. The van der Waals surface area contributed by atoms with Crippen LogP contribution in [0.2, 0.25) is 5.02 Å². The lowest BCUT2D eigenvalue weighted by molar-refractivity contribution is 0.392. The van der Waals surface area contributed by atoms with Crippen molar-refractivity contribution in [2.45, 2.75) is 20.4 Å². The Hall–Kier alpha value is -0.750. The van der Waals surface area contributed by atoms with E-state index in [-0.39, 0.29) is 0 Å². The van der Waals surface area contributed by atoms with E-state index in [1.807, 2.05) is 32.0 Å². The van der Waals surface area contributed by atoms with Crippen LogP contribution in [0.4, 0.5) is 5.69 Å². The van der Waals surface area contributed by atoms with Crippen molar-refractivity contribution >= 4 is 39.9 Å². The molecule has 0 bridgehead atoms. The second-order valence-corrected chi connectivity index (χ2v) is 5.43. The van der Waals surface area contributed by atoms with Crippen molar-refractivity contribution in [3.63, 3.8) is 0 Å². The van der Waals surface area contributed by atoms with Crippen LogP contribution in [0.3, 0.4) is 0 Å². The zero-order valence-corrected chi connectivity index (χ0v) is 12.5. The van der Waals surface area contributed by atoms with Crippen LogP contribution in [0.1, 0.15) is 17.0 Å². The number of anilines is 1. The molecule has 0 saturated carbocycles. The van der Waals surface area contributed by atoms with E-state index in [1.54, 1.807) is 0 Å². The van der Waals surface area contributed by atoms with E-state index in [0.717, 1.165) is 31.3 Å². The summed E-state index contributed by atoms with van der Waals surface area (Å²) in [6.07, 6.45) is 0. The number of aromatic nitrogens is 1. The summed E-state index contributed by atoms with van der Waals surface area (Å²) >= 11 is 8.38. The zero-order valence-electron chi connectivity index (χ0n) is 9.55. The number of hydrogen-bond donors (Lipinski definition) is 1. The maximum atomic E-state index is 6.14. The predicted octanol–water partition coefficient (Wildman–Crippen LogP) is 4.16. The molecule has 5 heteroatoms. The number of rotatable bonds is 3. The average molecular weight is 363 g/mol. The maximum absolute atomic E-state index is 6.14. The summed E-state index contributed by atoms with van der Waals surface area (Å²) < 4.78 is 6.23. The van der Waals surface area contributed by atoms with Gasteiger partial charge >= 0.3 is 0 Å². The SMILES string of the molecule is Cc1noc(C)c1CNc1ccc(I)cc1Cl. The lowest BCUT2D eigenvalue weighted by atomic mass is 10.2. The highest BCUT2D eigenvalue weighted by Crippen LogP contribution is 2.25. The largest absolute Gasteiger partial charge is 0.380 e. The normalized spacial score (nSPS) is 10.6. The van der Waals surface area contributed by atoms with Gasteiger partial charge in [0.2, 0.25) is 0 Å². The molecule has 0 spiro atoms. The third-order valence-corrected chi connectivity index (χ3v) is 3.55. The van der Waals surface area contributed by atoms with Crippen LogP contribution in [-0.4, -0.2) is 5.16 Å². The molecule has 90 valence electrons. The maximum Gasteiger partial charge on any atom is 0.138 e. The van der Waals surface area contributed by atoms with Crippen LogP contribution in [0, 0.1) is 17.4 Å². The first kappa shape index (κ1) is 12.7. The fraction of sp³-hybridized carbons (Fsp3) is 0.250. The molecule has 0 aliphatic rings. The first-order valence-corrected chi connectivity index (χ1v) is 6.64. The van der Waals surface area contributed by atoms with Gasteiger partial charge in [-0.1, -0.05) is 16.8 Å². The van der Waals surface area contributed by atoms with Crippen molar-refractivity contribution in [2.24, 2.45) is 0 Å². The Kier molecular flexibility index (Phi) is 3.93. The van der Waals surface area contributed by atoms with Gasteiger partial charge in [-0.05, 0) is 54.6 Å². The highest BCUT2D eigenvalue weighted by Gasteiger charge is 2.09. The molecule has 0 radical (unpaired) electrons. The van der Waals surface area contributed by atoms with E-state index >= 15 is 0 Å². The first-order chi connectivity index (χ1) is 8.08. The highest BCUT2D eigenvalue weighted by atomic mass is 127. The van der Waals surface area contributed by atoms with E-state index < -0.39 is 0 Å². The summed E-state index contributed by atoms with van der Waals surface area (Å²) in [4.78, 5) is 0. The van der Waals surface area contributed by atoms with Gasteiger partial charge < -0.3 is 9.84 Å². The zero-order chi connectivity index (χ0) is 12.4. The minimum Gasteiger partial charge on any atom is -0.380 e. The quantitative estimate of drug-likeness (QED) is 0.833. The van der Waals surface area contributed by atoms with Crippen LogP contribution in [-0.2, 0) is 6.54 Å². The number of nitrogens with zero attached hydrogens (tertiary/aromatic N) is 1. The van der Waals surface area contributed by atoms with Gasteiger partial charge in [-0.15, -0.1) is 0 Å². The summed E-state index contributed by atoms with van der Waals surface area (Å²) in [7, 11) is 0. The smallest absolute Gasteiger partial charge is 0.138 e. The van der Waals surface area contributed by atoms with Crippen molar-refractivity contribution < 1.29 is 4.52 Å². The molecule has 0 aliphatic heterocycles. The number of aryl methyl sites for hydroxylation is 2. The van der Waals surface area contributed by atoms with Gasteiger partial charge in [0.1, 0.15) is 5.76 Å². The summed E-state index contributed by atoms with van der Waals surface area (Å²) in [5.74, 6) is 0.844. The Morgan fingerprint density at radius 3 is 2.76 bits per heavy atom. The molecule has 0 fully saturated rings. The molecule has 1 heterocycles. The molecule has 1 aromatic carbocycles. The Balaban J connectivity index is 2.13. The fourth-order valence-corrected chi connectivity index (χ4v) is 2.49. The summed E-state index contributed by atoms with van der Waals surface area (Å²) in [6.45, 7) is 4.51. The highest BCUT2D eigenvalue weighted by molar-refractivity contribution is 14.1. The lowest BCUT2D eigenvalue weighted by Crippen LogP contribution is -2.01. The molecule has 3 nitrogen and oxygen atoms in total. The van der Waals surface area contributed by atoms with E-state index in [1.165, 1.54) is 0 Å². The van der Waals surface area contributed by atoms with Crippen molar-refractivity contribution in [1.82, 2.24) is 5.16 Å². The van der Waals surface area contributed by atoms with Gasteiger partial charge in [0.25, 0.3) is 0 Å². The Morgan fingerprint density at radius 2 is 2.18 bits per heavy atom. The number of halogens is 2. The first-order valence-electron chi connectivity index (χ1n) is 5.18. The van der Waals surface area contributed by atoms with Crippen LogP contribution >= 0.6 is 34.2 Å². The molecule has 0 aliphatic carbocycles. The molecule has 0 atom stereocenters. The van der Waals surface area contributed by atoms with E-state index in [0.29, 0.717) is 6.54 Å². The van der Waals surface area contributed by atoms with Gasteiger partial charge in [-0.2, -0.15) is 0 Å². The molecule has 2 rings (SSSR count). The monoisotopic (exact) mass is 362 g/mol. The summed E-state index contributed by atoms with van der Waals surface area (Å²) in [6, 6.07) is 5.92. The van der Waals surface area contributed by atoms with E-state index in [4.69, 9.17) is 16.1 Å². The van der Waals surface area contributed by atoms with E-state index in [9.17, 15) is 0 Å². The molecule has 1 N–H and O–H groups in total. The molecule has 0 amide bonds. The molecule has 0 unspecified atom stereocenters. The van der Waals surface area contributed by atoms with Gasteiger partial charge in [-0.3, -0.25) is 0 Å². The Morgan fingerprint density at radius 1 is 1.41 bits per heavy atom. The van der Waals surface area contributed by atoms with Gasteiger partial charge in [0.15, 0.2) is 0 Å². The summed E-state index contributed by atoms with van der Waals surface area (Å²) in [5, 5.41) is 7.93. The number of benzene rings is 1. The minimum absolute atomic E-state index is 0.668. The molecule has 2 aromatic rings. The standard InChI is InChI=1S/C12H12ClIN2O/c1-7-10(8(2)17-16-7)6-15-12-4-3-9(14)5-11(12)13/h3-5,15H,6H2,1-2H3. The van der Waals surface area contributed by atoms with E-state index in [2.05, 4.69) is 33.1 Å². The van der Waals surface area contributed by atoms with Crippen molar-refractivity contribution in [3.8, 4) is 0 Å². The van der Waals surface area contributed by atoms with Gasteiger partial charge in [-0.25, -0.2) is 0 Å². The van der Waals surface area contributed by atoms with Crippen molar-refractivity contribution in [3.05, 3.63) is 43.8 Å². The van der Waals surface area contributed by atoms with Crippen LogP contribution in [0.25, 0.3) is 0 Å². The fourth-order valence-electron chi connectivity index (χ4n) is 1.57. The third kappa shape index (κ3) is 2.93. The third-order valence-electron chi connectivity index (χ3n) is 2.57. The van der Waals surface area contributed by atoms with Crippen molar-refractivity contribution in [1.29, 1.82) is 0 Å². The van der Waals surface area contributed by atoms with Crippen LogP contribution in [0.5, 0.6) is 0 Å². The second-order valence-electron chi connectivity index (χ2n) is 3.78. The topological polar surface area (TPSA) is 38.1 Å². The summed E-state index contributed by atoms with van der Waals surface area (Å²) in [5.41, 5.74) is 2.92. The molecule has 17 heavy (non-hydrogen) atoms. The number of hydrogen-bond acceptors (Lipinski definition) is 3. The molecular weight excluding hydrogens is 351 g/mol. The van der Waals surface area contributed by atoms with Gasteiger partial charge in [0.05, 0.1) is 16.4 Å². The van der Waals surface area contributed by atoms with Crippen LogP contribution in [0.15, 0.2) is 22.7 Å². The van der Waals surface area contributed by atoms with Crippen LogP contribution < -0.4 is 5.32 Å². The second kappa shape index (κ2) is 5.27. The lowest BCUT2D eigenvalue weighted by Gasteiger charge is -2.08. The van der Waals surface area contributed by atoms with Crippen molar-refractivity contribution in [2.75, 3.05) is 5.32 Å². The molecule has 0 saturated heterocycles. The molecular formula is C12H12ClIN2O. The minimum atomic E-state index is 0.668. The Labute approximate surface area is 119 Å². The number of nitrogens with one attached hydrogen (secondary N) is 1. The van der Waals surface area contributed by atoms with Gasteiger partial charge in [0, 0.05) is 15.7 Å².